The fraction of sp³-hybridized carbons (Fsp3) is 0.167. The van der Waals surface area contributed by atoms with Crippen LogP contribution in [0.15, 0.2) is 23.2 Å². The molecule has 0 radical (unpaired) electrons. The normalized spacial score (nSPS) is 10.3. The van der Waals surface area contributed by atoms with Gasteiger partial charge in [-0.25, -0.2) is 4.98 Å². The third-order valence-corrected chi connectivity index (χ3v) is 1.25. The predicted octanol–water partition coefficient (Wildman–Crippen LogP) is 0.564. The number of nitrogens with zero attached hydrogens (tertiary/aromatic N) is 4. The van der Waals surface area contributed by atoms with Crippen LogP contribution in [0.3, 0.4) is 0 Å². The Labute approximate surface area is 62.7 Å². The molecule has 0 N–H and O–H groups in total. The molecule has 2 aromatic rings. The van der Waals surface area contributed by atoms with Gasteiger partial charge in [0.1, 0.15) is 6.33 Å². The summed E-state index contributed by atoms with van der Waals surface area (Å²) in [5.41, 5.74) is 0. The second-order valence-electron chi connectivity index (χ2n) is 2.08. The summed E-state index contributed by atoms with van der Waals surface area (Å²) in [7, 11) is 0. The minimum atomic E-state index is 0.514. The molecule has 0 saturated carbocycles. The molecule has 0 saturated heterocycles. The second-order valence-corrected chi connectivity index (χ2v) is 2.08. The Hall–Kier alpha value is -1.65. The molecule has 2 heterocycles. The molecule has 11 heavy (non-hydrogen) atoms. The molecule has 0 aliphatic heterocycles. The molecule has 0 aromatic carbocycles. The standard InChI is InChI=1S/C6H6N4O/c1-5-8-6(9-11-5)10-3-2-7-4-10/h2-4H,1H3. The Morgan fingerprint density at radius 2 is 2.45 bits per heavy atom. The van der Waals surface area contributed by atoms with Gasteiger partial charge in [0.05, 0.1) is 0 Å². The third kappa shape index (κ3) is 1.000. The van der Waals surface area contributed by atoms with Crippen molar-refractivity contribution < 1.29 is 4.52 Å². The zero-order valence-corrected chi connectivity index (χ0v) is 5.93. The highest BCUT2D eigenvalue weighted by molar-refractivity contribution is 5.07. The molecule has 5 nitrogen and oxygen atoms in total. The van der Waals surface area contributed by atoms with Gasteiger partial charge in [0.25, 0.3) is 5.95 Å². The second kappa shape index (κ2) is 2.19. The maximum absolute atomic E-state index is 4.78. The van der Waals surface area contributed by atoms with E-state index in [0.29, 0.717) is 11.8 Å². The van der Waals surface area contributed by atoms with Crippen LogP contribution < -0.4 is 0 Å². The van der Waals surface area contributed by atoms with E-state index in [-0.39, 0.29) is 0 Å². The molecule has 2 rings (SSSR count). The van der Waals surface area contributed by atoms with Gasteiger partial charge in [0, 0.05) is 19.3 Å². The van der Waals surface area contributed by atoms with Gasteiger partial charge in [-0.05, 0) is 5.16 Å². The maximum Gasteiger partial charge on any atom is 0.275 e. The quantitative estimate of drug-likeness (QED) is 0.596. The fourth-order valence-electron chi connectivity index (χ4n) is 0.771. The lowest BCUT2D eigenvalue weighted by Gasteiger charge is -1.87. The number of rotatable bonds is 1. The van der Waals surface area contributed by atoms with Crippen LogP contribution in [0.1, 0.15) is 5.89 Å². The van der Waals surface area contributed by atoms with Crippen molar-refractivity contribution in [2.24, 2.45) is 0 Å². The van der Waals surface area contributed by atoms with E-state index in [0.717, 1.165) is 0 Å². The van der Waals surface area contributed by atoms with E-state index in [1.54, 1.807) is 30.2 Å². The minimum absolute atomic E-state index is 0.514. The molecule has 0 amide bonds. The van der Waals surface area contributed by atoms with Gasteiger partial charge in [-0.2, -0.15) is 4.98 Å². The molecular weight excluding hydrogens is 144 g/mol. The molecule has 0 aliphatic rings. The van der Waals surface area contributed by atoms with Crippen molar-refractivity contribution in [1.82, 2.24) is 19.7 Å². The lowest BCUT2D eigenvalue weighted by molar-refractivity contribution is 0.391. The zero-order chi connectivity index (χ0) is 7.68. The number of aryl methyl sites for hydroxylation is 1. The molecule has 0 fully saturated rings. The van der Waals surface area contributed by atoms with Crippen molar-refractivity contribution in [2.45, 2.75) is 6.92 Å². The average molecular weight is 150 g/mol. The van der Waals surface area contributed by atoms with Gasteiger partial charge >= 0.3 is 0 Å². The Morgan fingerprint density at radius 1 is 1.55 bits per heavy atom. The molecule has 0 bridgehead atoms. The minimum Gasteiger partial charge on any atom is -0.338 e. The summed E-state index contributed by atoms with van der Waals surface area (Å²) in [6.07, 6.45) is 5.03. The highest BCUT2D eigenvalue weighted by atomic mass is 16.5. The third-order valence-electron chi connectivity index (χ3n) is 1.25. The van der Waals surface area contributed by atoms with Crippen molar-refractivity contribution in [1.29, 1.82) is 0 Å². The monoisotopic (exact) mass is 150 g/mol. The van der Waals surface area contributed by atoms with Crippen LogP contribution in [0.2, 0.25) is 0 Å². The first-order chi connectivity index (χ1) is 5.36. The Morgan fingerprint density at radius 3 is 3.00 bits per heavy atom. The molecule has 0 aliphatic carbocycles. The molecule has 2 aromatic heterocycles. The number of hydrogen-bond acceptors (Lipinski definition) is 4. The van der Waals surface area contributed by atoms with E-state index < -0.39 is 0 Å². The summed E-state index contributed by atoms with van der Waals surface area (Å²) >= 11 is 0. The van der Waals surface area contributed by atoms with Crippen LogP contribution >= 0.6 is 0 Å². The van der Waals surface area contributed by atoms with Gasteiger partial charge in [-0.3, -0.25) is 4.57 Å². The zero-order valence-electron chi connectivity index (χ0n) is 5.93. The average Bonchev–Trinajstić information content (AvgIpc) is 2.55. The van der Waals surface area contributed by atoms with Crippen LogP contribution in [-0.2, 0) is 0 Å². The van der Waals surface area contributed by atoms with Crippen molar-refractivity contribution in [2.75, 3.05) is 0 Å². The predicted molar refractivity (Wildman–Crippen MR) is 36.2 cm³/mol. The Kier molecular flexibility index (Phi) is 1.21. The van der Waals surface area contributed by atoms with Crippen molar-refractivity contribution in [3.8, 4) is 5.95 Å². The largest absolute Gasteiger partial charge is 0.338 e. The fourth-order valence-corrected chi connectivity index (χ4v) is 0.771. The molecular formula is C6H6N4O. The first-order valence-electron chi connectivity index (χ1n) is 3.15. The van der Waals surface area contributed by atoms with Gasteiger partial charge < -0.3 is 4.52 Å². The summed E-state index contributed by atoms with van der Waals surface area (Å²) < 4.78 is 6.46. The summed E-state index contributed by atoms with van der Waals surface area (Å²) in [5.74, 6) is 1.06. The van der Waals surface area contributed by atoms with Crippen LogP contribution in [0.25, 0.3) is 5.95 Å². The van der Waals surface area contributed by atoms with E-state index in [4.69, 9.17) is 4.52 Å². The lowest BCUT2D eigenvalue weighted by atomic mass is 10.8. The Bertz CT molecular complexity index is 337. The van der Waals surface area contributed by atoms with Crippen molar-refractivity contribution >= 4 is 0 Å². The van der Waals surface area contributed by atoms with E-state index >= 15 is 0 Å². The summed E-state index contributed by atoms with van der Waals surface area (Å²) in [5, 5.41) is 3.70. The van der Waals surface area contributed by atoms with Crippen LogP contribution in [0.4, 0.5) is 0 Å². The SMILES string of the molecule is Cc1nc(-n2ccnc2)no1. The molecule has 5 heteroatoms. The maximum atomic E-state index is 4.78. The van der Waals surface area contributed by atoms with Crippen LogP contribution in [-0.4, -0.2) is 19.7 Å². The molecule has 0 unspecified atom stereocenters. The van der Waals surface area contributed by atoms with E-state index in [2.05, 4.69) is 15.1 Å². The first-order valence-corrected chi connectivity index (χ1v) is 3.15. The van der Waals surface area contributed by atoms with E-state index in [1.165, 1.54) is 0 Å². The topological polar surface area (TPSA) is 56.7 Å². The number of imidazole rings is 1. The highest BCUT2D eigenvalue weighted by Gasteiger charge is 2.01. The van der Waals surface area contributed by atoms with Crippen LogP contribution in [0, 0.1) is 6.92 Å². The first kappa shape index (κ1) is 6.09. The number of aromatic nitrogens is 4. The lowest BCUT2D eigenvalue weighted by Crippen LogP contribution is -1.91. The van der Waals surface area contributed by atoms with Crippen molar-refractivity contribution in [3.05, 3.63) is 24.6 Å². The molecule has 0 atom stereocenters. The summed E-state index contributed by atoms with van der Waals surface area (Å²) in [6, 6.07) is 0. The van der Waals surface area contributed by atoms with E-state index in [1.807, 2.05) is 0 Å². The number of hydrogen-bond donors (Lipinski definition) is 0. The van der Waals surface area contributed by atoms with Crippen LogP contribution in [0.5, 0.6) is 0 Å². The molecule has 56 valence electrons. The highest BCUT2D eigenvalue weighted by Crippen LogP contribution is 2.00. The van der Waals surface area contributed by atoms with Gasteiger partial charge in [-0.15, -0.1) is 0 Å². The summed E-state index contributed by atoms with van der Waals surface area (Å²) in [6.45, 7) is 1.74. The molecule has 0 spiro atoms. The van der Waals surface area contributed by atoms with Crippen molar-refractivity contribution in [3.63, 3.8) is 0 Å². The Balaban J connectivity index is 2.45. The summed E-state index contributed by atoms with van der Waals surface area (Å²) in [4.78, 5) is 7.85. The van der Waals surface area contributed by atoms with Gasteiger partial charge in [-0.1, -0.05) is 0 Å². The smallest absolute Gasteiger partial charge is 0.275 e. The van der Waals surface area contributed by atoms with Gasteiger partial charge in [0.15, 0.2) is 0 Å². The van der Waals surface area contributed by atoms with E-state index in [9.17, 15) is 0 Å². The van der Waals surface area contributed by atoms with Gasteiger partial charge in [0.2, 0.25) is 5.89 Å².